The molecule has 0 saturated heterocycles. The van der Waals surface area contributed by atoms with E-state index in [4.69, 9.17) is 0 Å². The number of hydrogen-bond acceptors (Lipinski definition) is 4. The third kappa shape index (κ3) is 3.93. The molecule has 4 nitrogen and oxygen atoms in total. The fraction of sp³-hybridized carbons (Fsp3) is 0.143. The highest BCUT2D eigenvalue weighted by atomic mass is 16.1. The van der Waals surface area contributed by atoms with Gasteiger partial charge in [0, 0.05) is 5.92 Å². The molecule has 32 heavy (non-hydrogen) atoms. The average molecular weight is 418 g/mol. The molecule has 0 saturated carbocycles. The van der Waals surface area contributed by atoms with Gasteiger partial charge in [0.25, 0.3) is 0 Å². The molecule has 0 aromatic heterocycles. The number of hydrogen-bond donors (Lipinski definition) is 0. The quantitative estimate of drug-likeness (QED) is 0.290. The minimum absolute atomic E-state index is 0.231. The van der Waals surface area contributed by atoms with Crippen molar-refractivity contribution in [3.63, 3.8) is 0 Å². The molecule has 1 unspecified atom stereocenters. The summed E-state index contributed by atoms with van der Waals surface area (Å²) in [6.07, 6.45) is 8.36. The van der Waals surface area contributed by atoms with E-state index in [0.29, 0.717) is 0 Å². The summed E-state index contributed by atoms with van der Waals surface area (Å²) in [5.74, 6) is -0.231. The van der Waals surface area contributed by atoms with E-state index >= 15 is 0 Å². The lowest BCUT2D eigenvalue weighted by Gasteiger charge is -2.27. The van der Waals surface area contributed by atoms with Gasteiger partial charge in [0.15, 0.2) is 5.66 Å². The molecule has 0 fully saturated rings. The van der Waals surface area contributed by atoms with Crippen molar-refractivity contribution in [2.24, 2.45) is 15.9 Å². The lowest BCUT2D eigenvalue weighted by molar-refractivity contribution is 0.429. The Morgan fingerprint density at radius 1 is 0.781 bits per heavy atom. The zero-order valence-electron chi connectivity index (χ0n) is 17.9. The Hall–Kier alpha value is -4.10. The van der Waals surface area contributed by atoms with Crippen LogP contribution >= 0.6 is 0 Å². The molecular weight excluding hydrogens is 396 g/mol. The standard InChI is InChI=1S/C16H14N2O2.C12H8/c1-12-4-3-5-14(8-12)15-6-7-16(17-10-19,18-11-20)13(2)9-15;1-2-6-10-9(5-1)11-7-3-4-8-12(10)11/h3-9,13H,1-2H3;1-8H. The van der Waals surface area contributed by atoms with Crippen LogP contribution in [0.1, 0.15) is 18.1 Å². The topological polar surface area (TPSA) is 58.9 Å². The molecule has 2 aliphatic carbocycles. The van der Waals surface area contributed by atoms with Crippen molar-refractivity contribution < 1.29 is 9.59 Å². The fourth-order valence-electron chi connectivity index (χ4n) is 4.12. The van der Waals surface area contributed by atoms with Gasteiger partial charge in [-0.3, -0.25) is 0 Å². The van der Waals surface area contributed by atoms with Crippen LogP contribution in [0.4, 0.5) is 0 Å². The van der Waals surface area contributed by atoms with E-state index in [1.165, 1.54) is 34.4 Å². The van der Waals surface area contributed by atoms with Gasteiger partial charge in [0.2, 0.25) is 12.2 Å². The number of carbonyl (C=O) groups excluding carboxylic acids is 2. The minimum Gasteiger partial charge on any atom is -0.211 e. The second-order valence-corrected chi connectivity index (χ2v) is 7.89. The largest absolute Gasteiger partial charge is 0.237 e. The van der Waals surface area contributed by atoms with Crippen LogP contribution in [-0.2, 0) is 9.59 Å². The third-order valence-electron chi connectivity index (χ3n) is 5.84. The molecule has 0 bridgehead atoms. The predicted octanol–water partition coefficient (Wildman–Crippen LogP) is 6.29. The SMILES string of the molecule is Cc1cccc(C2=CC(C)C(N=C=O)(N=C=O)C=C2)c1.c1ccc2c(c1)-c1ccccc1-2. The molecule has 0 aliphatic heterocycles. The van der Waals surface area contributed by atoms with Gasteiger partial charge in [-0.1, -0.05) is 97.4 Å². The van der Waals surface area contributed by atoms with E-state index in [0.717, 1.165) is 16.7 Å². The van der Waals surface area contributed by atoms with Gasteiger partial charge >= 0.3 is 0 Å². The second kappa shape index (κ2) is 8.95. The van der Waals surface area contributed by atoms with Gasteiger partial charge < -0.3 is 0 Å². The summed E-state index contributed by atoms with van der Waals surface area (Å²) in [5, 5.41) is 0. The Bertz CT molecular complexity index is 1200. The van der Waals surface area contributed by atoms with Gasteiger partial charge in [-0.15, -0.1) is 0 Å². The van der Waals surface area contributed by atoms with E-state index in [9.17, 15) is 9.59 Å². The van der Waals surface area contributed by atoms with Crippen LogP contribution in [0.25, 0.3) is 27.8 Å². The van der Waals surface area contributed by atoms with Crippen molar-refractivity contribution in [2.45, 2.75) is 19.5 Å². The van der Waals surface area contributed by atoms with Crippen LogP contribution in [0.2, 0.25) is 0 Å². The monoisotopic (exact) mass is 418 g/mol. The Morgan fingerprint density at radius 2 is 1.31 bits per heavy atom. The Balaban J connectivity index is 0.000000171. The lowest BCUT2D eigenvalue weighted by Crippen LogP contribution is -2.30. The van der Waals surface area contributed by atoms with Crippen molar-refractivity contribution in [1.29, 1.82) is 0 Å². The molecule has 0 amide bonds. The summed E-state index contributed by atoms with van der Waals surface area (Å²) in [4.78, 5) is 28.4. The molecule has 0 spiro atoms. The van der Waals surface area contributed by atoms with E-state index in [1.807, 2.05) is 44.2 Å². The van der Waals surface area contributed by atoms with Crippen molar-refractivity contribution in [3.05, 3.63) is 102 Å². The number of allylic oxidation sites excluding steroid dienone is 2. The first kappa shape index (κ1) is 21.1. The Labute approximate surface area is 187 Å². The normalized spacial score (nSPS) is 19.4. The van der Waals surface area contributed by atoms with Crippen LogP contribution in [0.15, 0.2) is 101 Å². The van der Waals surface area contributed by atoms with E-state index in [-0.39, 0.29) is 5.92 Å². The highest BCUT2D eigenvalue weighted by Crippen LogP contribution is 2.46. The maximum absolute atomic E-state index is 10.6. The number of nitrogens with zero attached hydrogens (tertiary/aromatic N) is 2. The van der Waals surface area contributed by atoms with Crippen LogP contribution in [0.5, 0.6) is 0 Å². The van der Waals surface area contributed by atoms with Crippen LogP contribution in [0.3, 0.4) is 0 Å². The zero-order chi connectivity index (χ0) is 22.6. The fourth-order valence-corrected chi connectivity index (χ4v) is 4.12. The van der Waals surface area contributed by atoms with E-state index < -0.39 is 5.66 Å². The van der Waals surface area contributed by atoms with Gasteiger partial charge in [-0.05, 0) is 46.4 Å². The average Bonchev–Trinajstić information content (AvgIpc) is 2.80. The van der Waals surface area contributed by atoms with Gasteiger partial charge in [-0.25, -0.2) is 9.59 Å². The van der Waals surface area contributed by atoms with E-state index in [1.54, 1.807) is 6.08 Å². The minimum atomic E-state index is -1.21. The van der Waals surface area contributed by atoms with Gasteiger partial charge in [0.1, 0.15) is 0 Å². The number of benzene rings is 3. The summed E-state index contributed by atoms with van der Waals surface area (Å²) >= 11 is 0. The van der Waals surface area contributed by atoms with Crippen molar-refractivity contribution in [3.8, 4) is 22.3 Å². The van der Waals surface area contributed by atoms with Crippen molar-refractivity contribution in [1.82, 2.24) is 0 Å². The summed E-state index contributed by atoms with van der Waals surface area (Å²) < 4.78 is 0. The Morgan fingerprint density at radius 3 is 1.75 bits per heavy atom. The van der Waals surface area contributed by atoms with Crippen molar-refractivity contribution >= 4 is 17.7 Å². The first-order chi connectivity index (χ1) is 15.6. The molecule has 0 N–H and O–H groups in total. The summed E-state index contributed by atoms with van der Waals surface area (Å²) in [5.41, 5.74) is 7.63. The molecular formula is C28H22N2O2. The first-order valence-corrected chi connectivity index (χ1v) is 10.4. The molecule has 1 atom stereocenters. The molecule has 156 valence electrons. The second-order valence-electron chi connectivity index (χ2n) is 7.89. The van der Waals surface area contributed by atoms with E-state index in [2.05, 4.69) is 64.6 Å². The maximum Gasteiger partial charge on any atom is 0.237 e. The zero-order valence-corrected chi connectivity index (χ0v) is 17.9. The van der Waals surface area contributed by atoms with Crippen molar-refractivity contribution in [2.75, 3.05) is 0 Å². The first-order valence-electron chi connectivity index (χ1n) is 10.4. The van der Waals surface area contributed by atoms with Crippen LogP contribution in [-0.4, -0.2) is 17.8 Å². The highest BCUT2D eigenvalue weighted by Gasteiger charge is 2.35. The Kier molecular flexibility index (Phi) is 5.91. The van der Waals surface area contributed by atoms with Crippen LogP contribution < -0.4 is 0 Å². The highest BCUT2D eigenvalue weighted by molar-refractivity contribution is 6.02. The number of isocyanates is 2. The lowest BCUT2D eigenvalue weighted by atomic mass is 9.81. The van der Waals surface area contributed by atoms with Gasteiger partial charge in [-0.2, -0.15) is 9.98 Å². The predicted molar refractivity (Wildman–Crippen MR) is 127 cm³/mol. The molecule has 5 rings (SSSR count). The summed E-state index contributed by atoms with van der Waals surface area (Å²) in [6.45, 7) is 3.87. The number of aryl methyl sites for hydroxylation is 1. The molecule has 0 heterocycles. The number of rotatable bonds is 3. The molecule has 2 aliphatic rings. The smallest absolute Gasteiger partial charge is 0.211 e. The number of aliphatic imine (C=N–C) groups is 2. The molecule has 3 aromatic rings. The van der Waals surface area contributed by atoms with Gasteiger partial charge in [0.05, 0.1) is 0 Å². The maximum atomic E-state index is 10.6. The molecule has 3 aromatic carbocycles. The summed E-state index contributed by atoms with van der Waals surface area (Å²) in [7, 11) is 0. The molecule has 0 radical (unpaired) electrons. The number of fused-ring (bicyclic) bond motifs is 4. The third-order valence-corrected chi connectivity index (χ3v) is 5.84. The summed E-state index contributed by atoms with van der Waals surface area (Å²) in [6, 6.07) is 25.2. The van der Waals surface area contributed by atoms with Crippen LogP contribution in [0, 0.1) is 12.8 Å². The molecule has 4 heteroatoms.